The van der Waals surface area contributed by atoms with Crippen LogP contribution in [0.15, 0.2) is 48.5 Å². The third-order valence-corrected chi connectivity index (χ3v) is 4.98. The molecule has 2 aromatic rings. The van der Waals surface area contributed by atoms with E-state index in [0.29, 0.717) is 17.0 Å². The highest BCUT2D eigenvalue weighted by atomic mass is 32.2. The number of hydrogen-bond acceptors (Lipinski definition) is 3. The van der Waals surface area contributed by atoms with Crippen molar-refractivity contribution >= 4 is 22.4 Å². The smallest absolute Gasteiger partial charge is 0.239 e. The predicted octanol–water partition coefficient (Wildman–Crippen LogP) is 3.11. The highest BCUT2D eigenvalue weighted by molar-refractivity contribution is 7.85. The molecule has 1 N–H and O–H groups in total. The maximum absolute atomic E-state index is 13.6. The van der Waals surface area contributed by atoms with Crippen molar-refractivity contribution in [2.75, 3.05) is 12.4 Å². The zero-order valence-corrected chi connectivity index (χ0v) is 13.7. The van der Waals surface area contributed by atoms with Crippen LogP contribution in [0.4, 0.5) is 10.1 Å². The number of halogens is 1. The molecule has 23 heavy (non-hydrogen) atoms. The lowest BCUT2D eigenvalue weighted by atomic mass is 10.2. The van der Waals surface area contributed by atoms with E-state index < -0.39 is 27.8 Å². The van der Waals surface area contributed by atoms with Gasteiger partial charge in [0.05, 0.1) is 18.6 Å². The third-order valence-electron chi connectivity index (χ3n) is 3.38. The summed E-state index contributed by atoms with van der Waals surface area (Å²) in [5, 5.41) is 1.91. The lowest BCUT2D eigenvalue weighted by Gasteiger charge is -2.14. The molecular formula is C17H18FNO3S. The van der Waals surface area contributed by atoms with Gasteiger partial charge in [0.2, 0.25) is 5.91 Å². The Morgan fingerprint density at radius 2 is 1.87 bits per heavy atom. The Morgan fingerprint density at radius 3 is 2.57 bits per heavy atom. The molecule has 6 heteroatoms. The molecule has 0 bridgehead atoms. The molecule has 0 heterocycles. The summed E-state index contributed by atoms with van der Waals surface area (Å²) in [5.41, 5.74) is 0.845. The minimum absolute atomic E-state index is 0.00676. The summed E-state index contributed by atoms with van der Waals surface area (Å²) in [5.74, 6) is -0.303. The molecule has 0 radical (unpaired) electrons. The number of ether oxygens (including phenoxy) is 1. The van der Waals surface area contributed by atoms with Crippen molar-refractivity contribution in [2.45, 2.75) is 17.9 Å². The molecule has 0 fully saturated rings. The van der Waals surface area contributed by atoms with Gasteiger partial charge in [0.25, 0.3) is 0 Å². The molecule has 0 saturated heterocycles. The summed E-state index contributed by atoms with van der Waals surface area (Å²) in [6.45, 7) is 1.56. The maximum atomic E-state index is 13.6. The summed E-state index contributed by atoms with van der Waals surface area (Å²) < 4.78 is 31.1. The van der Waals surface area contributed by atoms with Crippen molar-refractivity contribution < 1.29 is 18.1 Å². The van der Waals surface area contributed by atoms with E-state index in [1.54, 1.807) is 49.4 Å². The fraction of sp³-hybridized carbons (Fsp3) is 0.235. The molecule has 4 nitrogen and oxygen atoms in total. The van der Waals surface area contributed by atoms with Crippen molar-refractivity contribution in [2.24, 2.45) is 0 Å². The Balaban J connectivity index is 2.04. The van der Waals surface area contributed by atoms with Gasteiger partial charge in [-0.1, -0.05) is 30.3 Å². The van der Waals surface area contributed by atoms with Crippen LogP contribution in [0.1, 0.15) is 12.5 Å². The van der Waals surface area contributed by atoms with E-state index in [4.69, 9.17) is 4.74 Å². The van der Waals surface area contributed by atoms with E-state index >= 15 is 0 Å². The van der Waals surface area contributed by atoms with Crippen molar-refractivity contribution in [3.63, 3.8) is 0 Å². The first kappa shape index (κ1) is 17.1. The van der Waals surface area contributed by atoms with E-state index in [9.17, 15) is 13.4 Å². The normalized spacial score (nSPS) is 13.2. The third kappa shape index (κ3) is 4.39. The first-order chi connectivity index (χ1) is 11.0. The average Bonchev–Trinajstić information content (AvgIpc) is 2.56. The molecule has 2 aromatic carbocycles. The first-order valence-electron chi connectivity index (χ1n) is 7.07. The number of para-hydroxylation sites is 2. The number of benzene rings is 2. The highest BCUT2D eigenvalue weighted by Crippen LogP contribution is 2.23. The quantitative estimate of drug-likeness (QED) is 0.882. The van der Waals surface area contributed by atoms with Crippen LogP contribution >= 0.6 is 0 Å². The second-order valence-corrected chi connectivity index (χ2v) is 6.71. The summed E-state index contributed by atoms with van der Waals surface area (Å²) in [6, 6.07) is 13.1. The van der Waals surface area contributed by atoms with Gasteiger partial charge in [-0.15, -0.1) is 0 Å². The lowest BCUT2D eigenvalue weighted by Crippen LogP contribution is -2.30. The molecule has 1 amide bonds. The zero-order valence-electron chi connectivity index (χ0n) is 12.9. The number of rotatable bonds is 6. The van der Waals surface area contributed by atoms with Gasteiger partial charge in [0.1, 0.15) is 16.8 Å². The van der Waals surface area contributed by atoms with Gasteiger partial charge in [-0.25, -0.2) is 4.39 Å². The van der Waals surface area contributed by atoms with Gasteiger partial charge in [-0.3, -0.25) is 9.00 Å². The minimum atomic E-state index is -1.53. The summed E-state index contributed by atoms with van der Waals surface area (Å²) >= 11 is 0. The van der Waals surface area contributed by atoms with Crippen LogP contribution in [0.2, 0.25) is 0 Å². The van der Waals surface area contributed by atoms with Crippen LogP contribution in [0.25, 0.3) is 0 Å². The lowest BCUT2D eigenvalue weighted by molar-refractivity contribution is -0.115. The van der Waals surface area contributed by atoms with Crippen LogP contribution in [-0.4, -0.2) is 22.5 Å². The van der Waals surface area contributed by atoms with Crippen molar-refractivity contribution in [1.29, 1.82) is 0 Å². The number of methoxy groups -OCH3 is 1. The van der Waals surface area contributed by atoms with E-state index in [-0.39, 0.29) is 5.75 Å². The van der Waals surface area contributed by atoms with E-state index in [1.165, 1.54) is 13.2 Å². The zero-order chi connectivity index (χ0) is 16.8. The SMILES string of the molecule is COc1ccccc1NC(=O)[C@H](C)[S@@](=O)Cc1ccccc1F. The first-order valence-corrected chi connectivity index (χ1v) is 8.45. The average molecular weight is 335 g/mol. The molecule has 2 atom stereocenters. The largest absolute Gasteiger partial charge is 0.495 e. The standard InChI is InChI=1S/C17H18FNO3S/c1-12(23(21)11-13-7-3-4-8-14(13)18)17(20)19-15-9-5-6-10-16(15)22-2/h3-10,12H,11H2,1-2H3,(H,19,20)/t12-,23-/m0/s1. The van der Waals surface area contributed by atoms with Crippen molar-refractivity contribution in [3.8, 4) is 5.75 Å². The fourth-order valence-electron chi connectivity index (χ4n) is 2.00. The van der Waals surface area contributed by atoms with Gasteiger partial charge in [0, 0.05) is 16.4 Å². The second-order valence-electron chi connectivity index (χ2n) is 4.95. The number of hydrogen-bond donors (Lipinski definition) is 1. The van der Waals surface area contributed by atoms with Crippen LogP contribution < -0.4 is 10.1 Å². The van der Waals surface area contributed by atoms with E-state index in [2.05, 4.69) is 5.32 Å². The maximum Gasteiger partial charge on any atom is 0.239 e. The van der Waals surface area contributed by atoms with E-state index in [1.807, 2.05) is 0 Å². The Hall–Kier alpha value is -2.21. The molecular weight excluding hydrogens is 317 g/mol. The molecule has 0 aliphatic heterocycles. The van der Waals surface area contributed by atoms with E-state index in [0.717, 1.165) is 0 Å². The number of carbonyl (C=O) groups is 1. The molecule has 0 aromatic heterocycles. The van der Waals surface area contributed by atoms with Crippen LogP contribution in [0.3, 0.4) is 0 Å². The van der Waals surface area contributed by atoms with Crippen LogP contribution in [0.5, 0.6) is 5.75 Å². The Labute approximate surface area is 137 Å². The van der Waals surface area contributed by atoms with Crippen LogP contribution in [0, 0.1) is 5.82 Å². The van der Waals surface area contributed by atoms with Gasteiger partial charge < -0.3 is 10.1 Å². The number of amides is 1. The highest BCUT2D eigenvalue weighted by Gasteiger charge is 2.22. The predicted molar refractivity (Wildman–Crippen MR) is 89.3 cm³/mol. The van der Waals surface area contributed by atoms with Crippen LogP contribution in [-0.2, 0) is 21.3 Å². The Bertz CT molecular complexity index is 720. The van der Waals surface area contributed by atoms with Gasteiger partial charge >= 0.3 is 0 Å². The summed E-state index contributed by atoms with van der Waals surface area (Å²) in [4.78, 5) is 12.2. The minimum Gasteiger partial charge on any atom is -0.495 e. The Kier molecular flexibility index (Phi) is 5.87. The molecule has 2 rings (SSSR count). The molecule has 122 valence electrons. The number of anilines is 1. The fourth-order valence-corrected chi connectivity index (χ4v) is 3.08. The number of nitrogens with one attached hydrogen (secondary N) is 1. The molecule has 0 aliphatic rings. The molecule has 0 saturated carbocycles. The summed E-state index contributed by atoms with van der Waals surface area (Å²) in [6.07, 6.45) is 0. The second kappa shape index (κ2) is 7.87. The number of carbonyl (C=O) groups excluding carboxylic acids is 1. The van der Waals surface area contributed by atoms with Crippen molar-refractivity contribution in [1.82, 2.24) is 0 Å². The Morgan fingerprint density at radius 1 is 1.22 bits per heavy atom. The molecule has 0 aliphatic carbocycles. The molecule has 0 unspecified atom stereocenters. The van der Waals surface area contributed by atoms with Crippen molar-refractivity contribution in [3.05, 3.63) is 59.9 Å². The topological polar surface area (TPSA) is 55.4 Å². The molecule has 0 spiro atoms. The van der Waals surface area contributed by atoms with Gasteiger partial charge in [-0.05, 0) is 25.1 Å². The van der Waals surface area contributed by atoms with Gasteiger partial charge in [-0.2, -0.15) is 0 Å². The monoisotopic (exact) mass is 335 g/mol. The summed E-state index contributed by atoms with van der Waals surface area (Å²) in [7, 11) is -0.0265. The van der Waals surface area contributed by atoms with Gasteiger partial charge in [0.15, 0.2) is 0 Å².